The van der Waals surface area contributed by atoms with E-state index in [1.807, 2.05) is 30.3 Å². The standard InChI is InChI=1S/C11H16F2N2/c12-11(13)8-15-10(7-14)6-9-4-2-1-3-5-9/h1-5,10-11,15H,6-8,14H2. The van der Waals surface area contributed by atoms with Crippen molar-refractivity contribution in [3.8, 4) is 0 Å². The van der Waals surface area contributed by atoms with Gasteiger partial charge in [0.1, 0.15) is 0 Å². The lowest BCUT2D eigenvalue weighted by Gasteiger charge is -2.16. The summed E-state index contributed by atoms with van der Waals surface area (Å²) in [6.45, 7) is 0.0658. The molecule has 0 radical (unpaired) electrons. The van der Waals surface area contributed by atoms with Crippen molar-refractivity contribution in [2.24, 2.45) is 5.73 Å². The second-order valence-electron chi connectivity index (χ2n) is 3.42. The van der Waals surface area contributed by atoms with E-state index in [1.165, 1.54) is 0 Å². The fraction of sp³-hybridized carbons (Fsp3) is 0.455. The van der Waals surface area contributed by atoms with Gasteiger partial charge in [-0.3, -0.25) is 0 Å². The van der Waals surface area contributed by atoms with E-state index in [-0.39, 0.29) is 12.6 Å². The molecule has 2 nitrogen and oxygen atoms in total. The molecule has 0 saturated carbocycles. The molecule has 0 fully saturated rings. The first kappa shape index (κ1) is 12.1. The molecule has 0 heterocycles. The molecule has 0 aliphatic heterocycles. The SMILES string of the molecule is NCC(Cc1ccccc1)NCC(F)F. The van der Waals surface area contributed by atoms with E-state index in [0.717, 1.165) is 5.56 Å². The van der Waals surface area contributed by atoms with Crippen LogP contribution in [0.1, 0.15) is 5.56 Å². The highest BCUT2D eigenvalue weighted by atomic mass is 19.3. The Bertz CT molecular complexity index is 265. The molecule has 0 spiro atoms. The third-order valence-electron chi connectivity index (χ3n) is 2.17. The van der Waals surface area contributed by atoms with Crippen LogP contribution >= 0.6 is 0 Å². The fourth-order valence-electron chi connectivity index (χ4n) is 1.39. The Hall–Kier alpha value is -1.00. The topological polar surface area (TPSA) is 38.0 Å². The van der Waals surface area contributed by atoms with Crippen LogP contribution in [0.5, 0.6) is 0 Å². The predicted octanol–water partition coefficient (Wildman–Crippen LogP) is 1.41. The zero-order valence-corrected chi connectivity index (χ0v) is 8.50. The average molecular weight is 214 g/mol. The number of rotatable bonds is 6. The van der Waals surface area contributed by atoms with Crippen LogP contribution in [0.2, 0.25) is 0 Å². The van der Waals surface area contributed by atoms with E-state index < -0.39 is 6.43 Å². The zero-order valence-electron chi connectivity index (χ0n) is 8.50. The Morgan fingerprint density at radius 1 is 1.20 bits per heavy atom. The maximum absolute atomic E-state index is 12.0. The molecule has 1 atom stereocenters. The number of alkyl halides is 2. The van der Waals surface area contributed by atoms with Crippen molar-refractivity contribution in [2.75, 3.05) is 13.1 Å². The number of nitrogens with two attached hydrogens (primary N) is 1. The van der Waals surface area contributed by atoms with Gasteiger partial charge < -0.3 is 11.1 Å². The molecular weight excluding hydrogens is 198 g/mol. The zero-order chi connectivity index (χ0) is 11.1. The van der Waals surface area contributed by atoms with Crippen LogP contribution in [0.4, 0.5) is 8.78 Å². The van der Waals surface area contributed by atoms with Crippen molar-refractivity contribution in [3.63, 3.8) is 0 Å². The van der Waals surface area contributed by atoms with Gasteiger partial charge in [-0.15, -0.1) is 0 Å². The number of hydrogen-bond donors (Lipinski definition) is 2. The molecule has 1 unspecified atom stereocenters. The summed E-state index contributed by atoms with van der Waals surface area (Å²) in [5, 5.41) is 2.74. The number of nitrogens with one attached hydrogen (secondary N) is 1. The molecule has 0 amide bonds. The molecule has 0 aliphatic carbocycles. The summed E-state index contributed by atoms with van der Waals surface area (Å²) in [5.41, 5.74) is 6.61. The van der Waals surface area contributed by atoms with Crippen molar-refractivity contribution in [3.05, 3.63) is 35.9 Å². The summed E-state index contributed by atoms with van der Waals surface area (Å²) in [5.74, 6) is 0. The summed E-state index contributed by atoms with van der Waals surface area (Å²) in [6.07, 6.45) is -1.64. The molecule has 1 rings (SSSR count). The van der Waals surface area contributed by atoms with Gasteiger partial charge >= 0.3 is 0 Å². The summed E-state index contributed by atoms with van der Waals surface area (Å²) in [7, 11) is 0. The van der Waals surface area contributed by atoms with Crippen molar-refractivity contribution in [2.45, 2.75) is 18.9 Å². The van der Waals surface area contributed by atoms with Crippen molar-refractivity contribution < 1.29 is 8.78 Å². The van der Waals surface area contributed by atoms with E-state index in [0.29, 0.717) is 13.0 Å². The molecule has 15 heavy (non-hydrogen) atoms. The Balaban J connectivity index is 2.40. The number of hydrogen-bond acceptors (Lipinski definition) is 2. The lowest BCUT2D eigenvalue weighted by Crippen LogP contribution is -2.40. The molecule has 1 aromatic carbocycles. The Kier molecular flexibility index (Phi) is 5.21. The van der Waals surface area contributed by atoms with Crippen LogP contribution in [-0.2, 0) is 6.42 Å². The lowest BCUT2D eigenvalue weighted by atomic mass is 10.1. The van der Waals surface area contributed by atoms with Crippen LogP contribution in [0.25, 0.3) is 0 Å². The maximum atomic E-state index is 12.0. The summed E-state index contributed by atoms with van der Waals surface area (Å²) in [6, 6.07) is 9.63. The first-order chi connectivity index (χ1) is 7.22. The van der Waals surface area contributed by atoms with Crippen LogP contribution in [0.15, 0.2) is 30.3 Å². The molecule has 1 aromatic rings. The quantitative estimate of drug-likeness (QED) is 0.751. The molecule has 4 heteroatoms. The molecule has 3 N–H and O–H groups in total. The number of halogens is 2. The first-order valence-electron chi connectivity index (χ1n) is 4.98. The van der Waals surface area contributed by atoms with E-state index in [2.05, 4.69) is 5.32 Å². The second-order valence-corrected chi connectivity index (χ2v) is 3.42. The van der Waals surface area contributed by atoms with Crippen LogP contribution in [0, 0.1) is 0 Å². The Labute approximate surface area is 88.5 Å². The first-order valence-corrected chi connectivity index (χ1v) is 4.98. The number of benzene rings is 1. The van der Waals surface area contributed by atoms with E-state index >= 15 is 0 Å². The molecular formula is C11H16F2N2. The Morgan fingerprint density at radius 2 is 1.87 bits per heavy atom. The molecule has 0 aliphatic rings. The smallest absolute Gasteiger partial charge is 0.250 e. The highest BCUT2D eigenvalue weighted by Gasteiger charge is 2.09. The highest BCUT2D eigenvalue weighted by Crippen LogP contribution is 2.02. The molecule has 0 bridgehead atoms. The summed E-state index contributed by atoms with van der Waals surface area (Å²) < 4.78 is 23.9. The van der Waals surface area contributed by atoms with Gasteiger partial charge in [0.2, 0.25) is 0 Å². The predicted molar refractivity (Wildman–Crippen MR) is 57.0 cm³/mol. The van der Waals surface area contributed by atoms with Crippen LogP contribution < -0.4 is 11.1 Å². The second kappa shape index (κ2) is 6.48. The van der Waals surface area contributed by atoms with Crippen molar-refractivity contribution in [1.82, 2.24) is 5.32 Å². The average Bonchev–Trinajstić information content (AvgIpc) is 2.25. The molecule has 0 saturated heterocycles. The van der Waals surface area contributed by atoms with Gasteiger partial charge in [-0.2, -0.15) is 0 Å². The van der Waals surface area contributed by atoms with Gasteiger partial charge in [0.25, 0.3) is 6.43 Å². The minimum Gasteiger partial charge on any atom is -0.329 e. The largest absolute Gasteiger partial charge is 0.329 e. The van der Waals surface area contributed by atoms with Crippen LogP contribution in [0.3, 0.4) is 0 Å². The molecule has 0 aromatic heterocycles. The normalized spacial score (nSPS) is 13.1. The fourth-order valence-corrected chi connectivity index (χ4v) is 1.39. The van der Waals surface area contributed by atoms with E-state index in [4.69, 9.17) is 5.73 Å². The van der Waals surface area contributed by atoms with Gasteiger partial charge in [0, 0.05) is 12.6 Å². The van der Waals surface area contributed by atoms with Gasteiger partial charge in [-0.1, -0.05) is 30.3 Å². The third-order valence-corrected chi connectivity index (χ3v) is 2.17. The van der Waals surface area contributed by atoms with E-state index in [1.54, 1.807) is 0 Å². The minimum absolute atomic E-state index is 0.0820. The Morgan fingerprint density at radius 3 is 2.40 bits per heavy atom. The van der Waals surface area contributed by atoms with Crippen molar-refractivity contribution >= 4 is 0 Å². The van der Waals surface area contributed by atoms with E-state index in [9.17, 15) is 8.78 Å². The maximum Gasteiger partial charge on any atom is 0.250 e. The highest BCUT2D eigenvalue weighted by molar-refractivity contribution is 5.15. The van der Waals surface area contributed by atoms with Crippen molar-refractivity contribution in [1.29, 1.82) is 0 Å². The minimum atomic E-state index is -2.32. The van der Waals surface area contributed by atoms with Gasteiger partial charge in [0.15, 0.2) is 0 Å². The third kappa shape index (κ3) is 4.85. The lowest BCUT2D eigenvalue weighted by molar-refractivity contribution is 0.141. The summed E-state index contributed by atoms with van der Waals surface area (Å²) >= 11 is 0. The van der Waals surface area contributed by atoms with Gasteiger partial charge in [0.05, 0.1) is 6.54 Å². The van der Waals surface area contributed by atoms with Gasteiger partial charge in [-0.05, 0) is 12.0 Å². The monoisotopic (exact) mass is 214 g/mol. The summed E-state index contributed by atoms with van der Waals surface area (Å²) in [4.78, 5) is 0. The van der Waals surface area contributed by atoms with Gasteiger partial charge in [-0.25, -0.2) is 8.78 Å². The molecule has 84 valence electrons. The van der Waals surface area contributed by atoms with Crippen LogP contribution in [-0.4, -0.2) is 25.6 Å².